The van der Waals surface area contributed by atoms with E-state index in [1.165, 1.54) is 18.2 Å². The minimum absolute atomic E-state index is 0.231. The zero-order valence-electron chi connectivity index (χ0n) is 13.2. The van der Waals surface area contributed by atoms with E-state index in [0.717, 1.165) is 11.0 Å². The topological polar surface area (TPSA) is 87.1 Å². The third kappa shape index (κ3) is 3.79. The SMILES string of the molecule is CC(C)(C)OC(=O)N1CC(O)(c2cccc(F)c2)CC1C(=O)O. The number of hydrogen-bond acceptors (Lipinski definition) is 4. The van der Waals surface area contributed by atoms with Crippen LogP contribution in [0.1, 0.15) is 32.8 Å². The van der Waals surface area contributed by atoms with Crippen molar-refractivity contribution in [2.45, 2.75) is 44.4 Å². The molecule has 1 saturated heterocycles. The number of ether oxygens (including phenoxy) is 1. The third-order valence-electron chi connectivity index (χ3n) is 3.61. The molecule has 0 bridgehead atoms. The minimum Gasteiger partial charge on any atom is -0.480 e. The highest BCUT2D eigenvalue weighted by molar-refractivity contribution is 5.81. The number of carbonyl (C=O) groups is 2. The molecule has 0 aromatic heterocycles. The van der Waals surface area contributed by atoms with Crippen LogP contribution in [0, 0.1) is 5.82 Å². The molecule has 1 amide bonds. The van der Waals surface area contributed by atoms with Gasteiger partial charge in [-0.15, -0.1) is 0 Å². The number of carboxylic acid groups (broad SMARTS) is 1. The van der Waals surface area contributed by atoms with Gasteiger partial charge >= 0.3 is 12.1 Å². The van der Waals surface area contributed by atoms with Crippen LogP contribution in [-0.2, 0) is 15.1 Å². The molecule has 6 nitrogen and oxygen atoms in total. The van der Waals surface area contributed by atoms with Crippen molar-refractivity contribution in [2.24, 2.45) is 0 Å². The van der Waals surface area contributed by atoms with E-state index in [1.54, 1.807) is 20.8 Å². The van der Waals surface area contributed by atoms with Crippen molar-refractivity contribution in [3.05, 3.63) is 35.6 Å². The van der Waals surface area contributed by atoms with Crippen LogP contribution in [0.25, 0.3) is 0 Å². The average Bonchev–Trinajstić information content (AvgIpc) is 2.77. The van der Waals surface area contributed by atoms with Crippen molar-refractivity contribution in [2.75, 3.05) is 6.54 Å². The van der Waals surface area contributed by atoms with E-state index in [2.05, 4.69) is 0 Å². The predicted molar refractivity (Wildman–Crippen MR) is 79.3 cm³/mol. The number of amides is 1. The van der Waals surface area contributed by atoms with Gasteiger partial charge in [0.2, 0.25) is 0 Å². The Hall–Kier alpha value is -2.15. The van der Waals surface area contributed by atoms with Gasteiger partial charge in [-0.25, -0.2) is 14.0 Å². The summed E-state index contributed by atoms with van der Waals surface area (Å²) in [5.74, 6) is -1.79. The van der Waals surface area contributed by atoms with E-state index in [9.17, 15) is 24.2 Å². The van der Waals surface area contributed by atoms with Crippen molar-refractivity contribution in [1.29, 1.82) is 0 Å². The summed E-state index contributed by atoms with van der Waals surface area (Å²) in [6.45, 7) is 4.71. The maximum absolute atomic E-state index is 13.4. The second-order valence-corrected chi connectivity index (χ2v) is 6.71. The van der Waals surface area contributed by atoms with Crippen molar-refractivity contribution >= 4 is 12.1 Å². The molecule has 23 heavy (non-hydrogen) atoms. The van der Waals surface area contributed by atoms with Crippen LogP contribution in [0.2, 0.25) is 0 Å². The Morgan fingerprint density at radius 3 is 2.57 bits per heavy atom. The van der Waals surface area contributed by atoms with E-state index in [-0.39, 0.29) is 18.5 Å². The van der Waals surface area contributed by atoms with Gasteiger partial charge in [0.15, 0.2) is 0 Å². The molecule has 1 aromatic rings. The van der Waals surface area contributed by atoms with E-state index in [0.29, 0.717) is 0 Å². The molecular formula is C16H20FNO5. The number of aliphatic carboxylic acids is 1. The van der Waals surface area contributed by atoms with Gasteiger partial charge < -0.3 is 14.9 Å². The van der Waals surface area contributed by atoms with Gasteiger partial charge in [-0.05, 0) is 38.5 Å². The fraction of sp³-hybridized carbons (Fsp3) is 0.500. The summed E-state index contributed by atoms with van der Waals surface area (Å²) in [5, 5.41) is 20.1. The molecule has 2 unspecified atom stereocenters. The van der Waals surface area contributed by atoms with Crippen molar-refractivity contribution < 1.29 is 28.9 Å². The second-order valence-electron chi connectivity index (χ2n) is 6.71. The van der Waals surface area contributed by atoms with Gasteiger partial charge in [-0.3, -0.25) is 4.90 Å². The number of benzene rings is 1. The monoisotopic (exact) mass is 325 g/mol. The molecule has 1 aromatic carbocycles. The smallest absolute Gasteiger partial charge is 0.411 e. The number of likely N-dealkylation sites (tertiary alicyclic amines) is 1. The fourth-order valence-corrected chi connectivity index (χ4v) is 2.61. The highest BCUT2D eigenvalue weighted by atomic mass is 19.1. The van der Waals surface area contributed by atoms with Crippen molar-refractivity contribution in [3.63, 3.8) is 0 Å². The normalized spacial score (nSPS) is 24.6. The maximum atomic E-state index is 13.4. The van der Waals surface area contributed by atoms with Gasteiger partial charge in [-0.2, -0.15) is 0 Å². The third-order valence-corrected chi connectivity index (χ3v) is 3.61. The highest BCUT2D eigenvalue weighted by Gasteiger charge is 2.50. The fourth-order valence-electron chi connectivity index (χ4n) is 2.61. The molecule has 0 aliphatic carbocycles. The average molecular weight is 325 g/mol. The first-order chi connectivity index (χ1) is 10.5. The second kappa shape index (κ2) is 5.81. The van der Waals surface area contributed by atoms with Crippen LogP contribution in [0.5, 0.6) is 0 Å². The van der Waals surface area contributed by atoms with Crippen LogP contribution < -0.4 is 0 Å². The standard InChI is InChI=1S/C16H20FNO5/c1-15(2,3)23-14(21)18-9-16(22,8-12(18)13(19)20)10-5-4-6-11(17)7-10/h4-7,12,22H,8-9H2,1-3H3,(H,19,20). The Bertz CT molecular complexity index is 627. The quantitative estimate of drug-likeness (QED) is 0.869. The van der Waals surface area contributed by atoms with E-state index >= 15 is 0 Å². The Labute approximate surface area is 133 Å². The Balaban J connectivity index is 2.30. The lowest BCUT2D eigenvalue weighted by atomic mass is 9.91. The van der Waals surface area contributed by atoms with Crippen LogP contribution in [0.15, 0.2) is 24.3 Å². The van der Waals surface area contributed by atoms with Crippen LogP contribution >= 0.6 is 0 Å². The molecule has 1 fully saturated rings. The lowest BCUT2D eigenvalue weighted by molar-refractivity contribution is -0.142. The summed E-state index contributed by atoms with van der Waals surface area (Å²) >= 11 is 0. The van der Waals surface area contributed by atoms with E-state index in [4.69, 9.17) is 4.74 Å². The number of hydrogen-bond donors (Lipinski definition) is 2. The van der Waals surface area contributed by atoms with E-state index < -0.39 is 35.1 Å². The molecule has 2 rings (SSSR count). The Kier molecular flexibility index (Phi) is 4.34. The van der Waals surface area contributed by atoms with Gasteiger partial charge in [0.05, 0.1) is 6.54 Å². The number of halogens is 1. The zero-order valence-corrected chi connectivity index (χ0v) is 13.2. The largest absolute Gasteiger partial charge is 0.480 e. The molecule has 1 heterocycles. The summed E-state index contributed by atoms with van der Waals surface area (Å²) in [6.07, 6.45) is -1.05. The summed E-state index contributed by atoms with van der Waals surface area (Å²) in [5.41, 5.74) is -2.20. The molecular weight excluding hydrogens is 305 g/mol. The zero-order chi connectivity index (χ0) is 17.4. The number of carboxylic acids is 1. The molecule has 2 N–H and O–H groups in total. The minimum atomic E-state index is -1.64. The Morgan fingerprint density at radius 2 is 2.04 bits per heavy atom. The van der Waals surface area contributed by atoms with Crippen molar-refractivity contribution in [3.8, 4) is 0 Å². The first-order valence-electron chi connectivity index (χ1n) is 7.23. The number of rotatable bonds is 2. The first-order valence-corrected chi connectivity index (χ1v) is 7.23. The number of β-amino-alcohol motifs (C(OH)–C–C–N with tert-alkyl or cyclic N) is 1. The lowest BCUT2D eigenvalue weighted by Gasteiger charge is -2.27. The Morgan fingerprint density at radius 1 is 1.39 bits per heavy atom. The maximum Gasteiger partial charge on any atom is 0.411 e. The molecule has 1 aliphatic heterocycles. The molecule has 1 aliphatic rings. The lowest BCUT2D eigenvalue weighted by Crippen LogP contribution is -2.43. The molecule has 0 saturated carbocycles. The molecule has 2 atom stereocenters. The summed E-state index contributed by atoms with van der Waals surface area (Å²) in [4.78, 5) is 24.6. The van der Waals surface area contributed by atoms with E-state index in [1.807, 2.05) is 0 Å². The van der Waals surface area contributed by atoms with Crippen molar-refractivity contribution in [1.82, 2.24) is 4.90 Å². The van der Waals surface area contributed by atoms with Crippen LogP contribution in [0.3, 0.4) is 0 Å². The molecule has 0 radical (unpaired) electrons. The number of nitrogens with zero attached hydrogens (tertiary/aromatic N) is 1. The predicted octanol–water partition coefficient (Wildman–Crippen LogP) is 2.11. The summed E-state index contributed by atoms with van der Waals surface area (Å²) in [7, 11) is 0. The van der Waals surface area contributed by atoms with Crippen LogP contribution in [0.4, 0.5) is 9.18 Å². The van der Waals surface area contributed by atoms with Gasteiger partial charge in [0.1, 0.15) is 23.1 Å². The summed E-state index contributed by atoms with van der Waals surface area (Å²) < 4.78 is 18.6. The first kappa shape index (κ1) is 17.2. The molecule has 126 valence electrons. The van der Waals surface area contributed by atoms with Crippen LogP contribution in [-0.4, -0.2) is 45.4 Å². The number of aliphatic hydroxyl groups is 1. The number of carbonyl (C=O) groups excluding carboxylic acids is 1. The summed E-state index contributed by atoms with van der Waals surface area (Å²) in [6, 6.07) is 4.05. The van der Waals surface area contributed by atoms with Gasteiger partial charge in [0, 0.05) is 6.42 Å². The van der Waals surface area contributed by atoms with Gasteiger partial charge in [-0.1, -0.05) is 12.1 Å². The molecule has 0 spiro atoms. The van der Waals surface area contributed by atoms with Gasteiger partial charge in [0.25, 0.3) is 0 Å². The highest BCUT2D eigenvalue weighted by Crippen LogP contribution is 2.37. The molecule has 7 heteroatoms.